The van der Waals surface area contributed by atoms with Crippen LogP contribution in [0.1, 0.15) is 41.4 Å². The van der Waals surface area contributed by atoms with Crippen LogP contribution in [0.15, 0.2) is 34.9 Å². The molecule has 2 aromatic rings. The molecule has 5 nitrogen and oxygen atoms in total. The second-order valence-electron chi connectivity index (χ2n) is 6.34. The lowest BCUT2D eigenvalue weighted by molar-refractivity contribution is -0.116. The maximum atomic E-state index is 12.2. The number of amides is 1. The number of rotatable bonds is 5. The van der Waals surface area contributed by atoms with Crippen LogP contribution in [0.3, 0.4) is 0 Å². The van der Waals surface area contributed by atoms with Gasteiger partial charge in [0, 0.05) is 11.4 Å². The van der Waals surface area contributed by atoms with Crippen molar-refractivity contribution < 1.29 is 9.90 Å². The summed E-state index contributed by atoms with van der Waals surface area (Å²) in [6.07, 6.45) is 4.29. The monoisotopic (exact) mass is 337 g/mol. The fraction of sp³-hybridized carbons (Fsp3) is 0.300. The third-order valence-electron chi connectivity index (χ3n) is 4.71. The minimum Gasteiger partial charge on any atom is -0.508 e. The molecule has 25 heavy (non-hydrogen) atoms. The van der Waals surface area contributed by atoms with Gasteiger partial charge in [0.2, 0.25) is 0 Å². The fourth-order valence-corrected chi connectivity index (χ4v) is 3.27. The van der Waals surface area contributed by atoms with E-state index in [4.69, 9.17) is 0 Å². The first kappa shape index (κ1) is 17.0. The number of phenols is 1. The Morgan fingerprint density at radius 3 is 2.52 bits per heavy atom. The summed E-state index contributed by atoms with van der Waals surface area (Å²) in [5.74, 6) is 0.0918. The van der Waals surface area contributed by atoms with Crippen molar-refractivity contribution in [2.45, 2.75) is 40.0 Å². The Labute approximate surface area is 147 Å². The second-order valence-corrected chi connectivity index (χ2v) is 6.34. The lowest BCUT2D eigenvalue weighted by Gasteiger charge is -2.03. The largest absolute Gasteiger partial charge is 0.508 e. The normalized spacial score (nSPS) is 15.6. The minimum atomic E-state index is -0.162. The molecule has 1 amide bonds. The summed E-state index contributed by atoms with van der Waals surface area (Å²) in [6, 6.07) is 7.11. The lowest BCUT2D eigenvalue weighted by atomic mass is 10.0. The zero-order valence-electron chi connectivity index (χ0n) is 14.8. The Kier molecular flexibility index (Phi) is 4.74. The first-order chi connectivity index (χ1) is 12.0. The third-order valence-corrected chi connectivity index (χ3v) is 4.71. The molecule has 0 radical (unpaired) electrons. The molecule has 3 rings (SSSR count). The van der Waals surface area contributed by atoms with Gasteiger partial charge in [-0.2, -0.15) is 5.10 Å². The summed E-state index contributed by atoms with van der Waals surface area (Å²) in [5.41, 5.74) is 9.65. The van der Waals surface area contributed by atoms with Gasteiger partial charge in [-0.05, 0) is 68.0 Å². The zero-order valence-corrected chi connectivity index (χ0v) is 14.8. The maximum absolute atomic E-state index is 12.2. The Morgan fingerprint density at radius 1 is 1.16 bits per heavy atom. The molecule has 0 atom stereocenters. The van der Waals surface area contributed by atoms with Gasteiger partial charge in [0.15, 0.2) is 0 Å². The molecule has 1 aliphatic rings. The molecule has 0 saturated carbocycles. The smallest absolute Gasteiger partial charge is 0.273 e. The molecule has 2 heterocycles. The van der Waals surface area contributed by atoms with Crippen molar-refractivity contribution in [3.05, 3.63) is 57.9 Å². The number of phenolic OH excluding ortho intramolecular Hbond substituents is 1. The number of H-pyrrole nitrogens is 1. The highest BCUT2D eigenvalue weighted by Gasteiger charge is 2.23. The van der Waals surface area contributed by atoms with Gasteiger partial charge >= 0.3 is 0 Å². The molecule has 1 aromatic heterocycles. The van der Waals surface area contributed by atoms with E-state index in [1.54, 1.807) is 12.1 Å². The number of nitrogens with one attached hydrogen (secondary N) is 2. The van der Waals surface area contributed by atoms with Crippen molar-refractivity contribution in [2.24, 2.45) is 5.10 Å². The Balaban J connectivity index is 1.81. The number of benzene rings is 1. The Bertz CT molecular complexity index is 858. The van der Waals surface area contributed by atoms with Gasteiger partial charge in [0.05, 0.1) is 11.3 Å². The number of hydrazone groups is 1. The van der Waals surface area contributed by atoms with Crippen LogP contribution in [0, 0.1) is 13.8 Å². The highest BCUT2D eigenvalue weighted by Crippen LogP contribution is 2.23. The van der Waals surface area contributed by atoms with Crippen LogP contribution in [0.5, 0.6) is 5.75 Å². The van der Waals surface area contributed by atoms with E-state index >= 15 is 0 Å². The Hall–Kier alpha value is -2.82. The molecule has 1 aliphatic heterocycles. The number of carbonyl (C=O) groups is 1. The van der Waals surface area contributed by atoms with Crippen LogP contribution in [-0.2, 0) is 17.6 Å². The van der Waals surface area contributed by atoms with Crippen molar-refractivity contribution in [1.82, 2.24) is 10.4 Å². The lowest BCUT2D eigenvalue weighted by Crippen LogP contribution is -2.13. The summed E-state index contributed by atoms with van der Waals surface area (Å²) < 4.78 is 0. The fourth-order valence-electron chi connectivity index (χ4n) is 3.27. The SMILES string of the molecule is CCc1c(C)[nH]c(C=C2C(=O)NN=C2CCc2ccc(O)cc2)c1C. The van der Waals surface area contributed by atoms with Crippen LogP contribution < -0.4 is 5.43 Å². The first-order valence-electron chi connectivity index (χ1n) is 8.54. The third kappa shape index (κ3) is 3.50. The summed E-state index contributed by atoms with van der Waals surface area (Å²) in [4.78, 5) is 15.5. The number of aromatic hydroxyl groups is 1. The van der Waals surface area contributed by atoms with Gasteiger partial charge in [0.25, 0.3) is 5.91 Å². The van der Waals surface area contributed by atoms with Crippen molar-refractivity contribution >= 4 is 17.7 Å². The van der Waals surface area contributed by atoms with E-state index in [-0.39, 0.29) is 11.7 Å². The number of hydrogen-bond acceptors (Lipinski definition) is 3. The van der Waals surface area contributed by atoms with Gasteiger partial charge in [-0.25, -0.2) is 5.43 Å². The highest BCUT2D eigenvalue weighted by molar-refractivity contribution is 6.27. The molecule has 0 fully saturated rings. The van der Waals surface area contributed by atoms with E-state index in [1.165, 1.54) is 11.1 Å². The van der Waals surface area contributed by atoms with Crippen molar-refractivity contribution in [1.29, 1.82) is 0 Å². The van der Waals surface area contributed by atoms with Gasteiger partial charge in [0.1, 0.15) is 5.75 Å². The number of aromatic amines is 1. The molecule has 0 aliphatic carbocycles. The van der Waals surface area contributed by atoms with Crippen molar-refractivity contribution in [2.75, 3.05) is 0 Å². The average molecular weight is 337 g/mol. The molecule has 3 N–H and O–H groups in total. The first-order valence-corrected chi connectivity index (χ1v) is 8.54. The molecule has 0 unspecified atom stereocenters. The number of nitrogens with zero attached hydrogens (tertiary/aromatic N) is 1. The van der Waals surface area contributed by atoms with Crippen LogP contribution in [-0.4, -0.2) is 21.7 Å². The molecule has 130 valence electrons. The van der Waals surface area contributed by atoms with E-state index in [9.17, 15) is 9.90 Å². The van der Waals surface area contributed by atoms with E-state index in [2.05, 4.69) is 36.3 Å². The molecular weight excluding hydrogens is 314 g/mol. The molecule has 0 spiro atoms. The standard InChI is InChI=1S/C20H23N3O2/c1-4-16-12(2)19(21-13(16)3)11-17-18(22-23-20(17)25)10-7-14-5-8-15(24)9-6-14/h5-6,8-9,11,21,24H,4,7,10H2,1-3H3,(H,23,25). The van der Waals surface area contributed by atoms with E-state index in [0.29, 0.717) is 12.0 Å². The van der Waals surface area contributed by atoms with E-state index < -0.39 is 0 Å². The van der Waals surface area contributed by atoms with Gasteiger partial charge in [-0.15, -0.1) is 0 Å². The number of carbonyl (C=O) groups excluding carboxylic acids is 1. The van der Waals surface area contributed by atoms with Crippen LogP contribution >= 0.6 is 0 Å². The topological polar surface area (TPSA) is 77.5 Å². The summed E-state index contributed by atoms with van der Waals surface area (Å²) in [6.45, 7) is 6.27. The van der Waals surface area contributed by atoms with Crippen LogP contribution in [0.25, 0.3) is 6.08 Å². The zero-order chi connectivity index (χ0) is 18.0. The molecular formula is C20H23N3O2. The molecule has 5 heteroatoms. The number of hydrogen-bond donors (Lipinski definition) is 3. The predicted octanol–water partition coefficient (Wildman–Crippen LogP) is 3.40. The Morgan fingerprint density at radius 2 is 1.88 bits per heavy atom. The maximum Gasteiger partial charge on any atom is 0.273 e. The molecule has 0 saturated heterocycles. The van der Waals surface area contributed by atoms with E-state index in [0.717, 1.165) is 35.5 Å². The second kappa shape index (κ2) is 6.97. The van der Waals surface area contributed by atoms with Gasteiger partial charge in [-0.1, -0.05) is 19.1 Å². The van der Waals surface area contributed by atoms with Crippen molar-refractivity contribution in [3.63, 3.8) is 0 Å². The highest BCUT2D eigenvalue weighted by atomic mass is 16.3. The molecule has 0 bridgehead atoms. The summed E-state index contributed by atoms with van der Waals surface area (Å²) >= 11 is 0. The quantitative estimate of drug-likeness (QED) is 0.731. The number of aryl methyl sites for hydroxylation is 2. The summed E-state index contributed by atoms with van der Waals surface area (Å²) in [5, 5.41) is 13.5. The van der Waals surface area contributed by atoms with E-state index in [1.807, 2.05) is 18.2 Å². The van der Waals surface area contributed by atoms with Crippen LogP contribution in [0.2, 0.25) is 0 Å². The predicted molar refractivity (Wildman–Crippen MR) is 99.6 cm³/mol. The number of aromatic nitrogens is 1. The average Bonchev–Trinajstić information content (AvgIpc) is 3.07. The van der Waals surface area contributed by atoms with Gasteiger partial charge in [-0.3, -0.25) is 4.79 Å². The summed E-state index contributed by atoms with van der Waals surface area (Å²) in [7, 11) is 0. The van der Waals surface area contributed by atoms with Crippen molar-refractivity contribution in [3.8, 4) is 5.75 Å². The minimum absolute atomic E-state index is 0.162. The molecule has 1 aromatic carbocycles. The van der Waals surface area contributed by atoms with Gasteiger partial charge < -0.3 is 10.1 Å². The van der Waals surface area contributed by atoms with Crippen LogP contribution in [0.4, 0.5) is 0 Å².